The number of aliphatic hydroxyl groups is 1. The lowest BCUT2D eigenvalue weighted by atomic mass is 10.0. The van der Waals surface area contributed by atoms with Crippen molar-refractivity contribution in [2.24, 2.45) is 5.92 Å². The van der Waals surface area contributed by atoms with Gasteiger partial charge < -0.3 is 5.11 Å². The zero-order valence-electron chi connectivity index (χ0n) is 6.26. The first kappa shape index (κ1) is 9.44. The minimum atomic E-state index is -0.200. The van der Waals surface area contributed by atoms with E-state index >= 15 is 0 Å². The zero-order valence-corrected chi connectivity index (χ0v) is 7.85. The normalized spacial score (nSPS) is 21.0. The quantitative estimate of drug-likeness (QED) is 0.684. The average Bonchev–Trinajstić information content (AvgIpc) is 1.84. The molecular formula is C7H15BrO. The number of hydrogen-bond acceptors (Lipinski definition) is 1. The maximum Gasteiger partial charge on any atom is 0.0548 e. The highest BCUT2D eigenvalue weighted by atomic mass is 79.9. The third-order valence-electron chi connectivity index (χ3n) is 1.72. The van der Waals surface area contributed by atoms with Gasteiger partial charge in [0, 0.05) is 4.83 Å². The van der Waals surface area contributed by atoms with Gasteiger partial charge in [0.2, 0.25) is 0 Å². The molecule has 56 valence electrons. The van der Waals surface area contributed by atoms with Crippen molar-refractivity contribution in [3.63, 3.8) is 0 Å². The summed E-state index contributed by atoms with van der Waals surface area (Å²) in [6, 6.07) is 0. The molecule has 0 aromatic heterocycles. The summed E-state index contributed by atoms with van der Waals surface area (Å²) in [6.45, 7) is 5.99. The van der Waals surface area contributed by atoms with E-state index in [1.165, 1.54) is 0 Å². The van der Waals surface area contributed by atoms with Gasteiger partial charge in [0.05, 0.1) is 6.10 Å². The van der Waals surface area contributed by atoms with Gasteiger partial charge in [-0.05, 0) is 19.3 Å². The van der Waals surface area contributed by atoms with E-state index in [1.807, 2.05) is 13.8 Å². The summed E-state index contributed by atoms with van der Waals surface area (Å²) in [6.07, 6.45) is 0.876. The predicted molar refractivity (Wildman–Crippen MR) is 43.9 cm³/mol. The van der Waals surface area contributed by atoms with Crippen LogP contribution in [0.3, 0.4) is 0 Å². The molecule has 0 amide bonds. The summed E-state index contributed by atoms with van der Waals surface area (Å²) in [5.74, 6) is 0.356. The van der Waals surface area contributed by atoms with Crippen LogP contribution < -0.4 is 0 Å². The highest BCUT2D eigenvalue weighted by Crippen LogP contribution is 2.18. The van der Waals surface area contributed by atoms with Crippen molar-refractivity contribution in [3.05, 3.63) is 0 Å². The molecule has 0 aromatic carbocycles. The molecule has 0 aliphatic carbocycles. The van der Waals surface area contributed by atoms with E-state index < -0.39 is 0 Å². The lowest BCUT2D eigenvalue weighted by Gasteiger charge is -2.18. The lowest BCUT2D eigenvalue weighted by Crippen LogP contribution is -2.21. The Bertz CT molecular complexity index is 73.3. The van der Waals surface area contributed by atoms with E-state index in [1.54, 1.807) is 0 Å². The Morgan fingerprint density at radius 1 is 1.44 bits per heavy atom. The Morgan fingerprint density at radius 2 is 1.89 bits per heavy atom. The van der Waals surface area contributed by atoms with Crippen LogP contribution in [0.4, 0.5) is 0 Å². The van der Waals surface area contributed by atoms with Gasteiger partial charge >= 0.3 is 0 Å². The molecule has 0 aliphatic rings. The molecule has 3 unspecified atom stereocenters. The summed E-state index contributed by atoms with van der Waals surface area (Å²) in [5.41, 5.74) is 0. The smallest absolute Gasteiger partial charge is 0.0548 e. The molecule has 0 saturated heterocycles. The van der Waals surface area contributed by atoms with Gasteiger partial charge in [-0.15, -0.1) is 0 Å². The Kier molecular flexibility index (Phi) is 4.50. The van der Waals surface area contributed by atoms with Crippen LogP contribution in [0.1, 0.15) is 27.2 Å². The first-order chi connectivity index (χ1) is 4.09. The third kappa shape index (κ3) is 3.21. The van der Waals surface area contributed by atoms with Crippen LogP contribution in [-0.2, 0) is 0 Å². The van der Waals surface area contributed by atoms with Crippen molar-refractivity contribution in [1.29, 1.82) is 0 Å². The summed E-state index contributed by atoms with van der Waals surface area (Å²) < 4.78 is 0. The van der Waals surface area contributed by atoms with Gasteiger partial charge in [0.1, 0.15) is 0 Å². The van der Waals surface area contributed by atoms with Crippen molar-refractivity contribution in [1.82, 2.24) is 0 Å². The SMILES string of the molecule is CCC(Br)C(C)C(C)O. The van der Waals surface area contributed by atoms with E-state index in [4.69, 9.17) is 5.11 Å². The molecule has 0 heterocycles. The summed E-state index contributed by atoms with van der Waals surface area (Å²) >= 11 is 3.48. The van der Waals surface area contributed by atoms with Crippen molar-refractivity contribution in [3.8, 4) is 0 Å². The molecule has 0 aliphatic heterocycles. The number of alkyl halides is 1. The molecule has 3 atom stereocenters. The fourth-order valence-corrected chi connectivity index (χ4v) is 1.12. The van der Waals surface area contributed by atoms with Crippen LogP contribution >= 0.6 is 15.9 Å². The second-order valence-electron chi connectivity index (χ2n) is 2.52. The van der Waals surface area contributed by atoms with E-state index in [0.29, 0.717) is 10.7 Å². The molecule has 0 fully saturated rings. The number of hydrogen-bond donors (Lipinski definition) is 1. The van der Waals surface area contributed by atoms with E-state index in [-0.39, 0.29) is 6.10 Å². The molecule has 0 spiro atoms. The molecule has 0 rings (SSSR count). The van der Waals surface area contributed by atoms with E-state index in [9.17, 15) is 0 Å². The van der Waals surface area contributed by atoms with Gasteiger partial charge in [-0.3, -0.25) is 0 Å². The molecule has 1 N–H and O–H groups in total. The van der Waals surface area contributed by atoms with Crippen molar-refractivity contribution < 1.29 is 5.11 Å². The average molecular weight is 195 g/mol. The minimum Gasteiger partial charge on any atom is -0.393 e. The Morgan fingerprint density at radius 3 is 2.00 bits per heavy atom. The van der Waals surface area contributed by atoms with Crippen LogP contribution in [-0.4, -0.2) is 16.0 Å². The van der Waals surface area contributed by atoms with Gasteiger partial charge in [-0.25, -0.2) is 0 Å². The van der Waals surface area contributed by atoms with Gasteiger partial charge in [-0.2, -0.15) is 0 Å². The highest BCUT2D eigenvalue weighted by Gasteiger charge is 2.15. The first-order valence-electron chi connectivity index (χ1n) is 3.41. The Hall–Kier alpha value is 0.440. The summed E-state index contributed by atoms with van der Waals surface area (Å²) in [7, 11) is 0. The van der Waals surface area contributed by atoms with Gasteiger partial charge in [0.15, 0.2) is 0 Å². The lowest BCUT2D eigenvalue weighted by molar-refractivity contribution is 0.134. The topological polar surface area (TPSA) is 20.2 Å². The number of rotatable bonds is 3. The van der Waals surface area contributed by atoms with Crippen molar-refractivity contribution >= 4 is 15.9 Å². The van der Waals surface area contributed by atoms with Crippen LogP contribution in [0.2, 0.25) is 0 Å². The molecule has 0 bridgehead atoms. The van der Waals surface area contributed by atoms with Crippen molar-refractivity contribution in [2.75, 3.05) is 0 Å². The van der Waals surface area contributed by atoms with Crippen molar-refractivity contribution in [2.45, 2.75) is 38.1 Å². The van der Waals surface area contributed by atoms with Gasteiger partial charge in [-0.1, -0.05) is 29.8 Å². The molecule has 0 radical (unpaired) electrons. The van der Waals surface area contributed by atoms with Crippen LogP contribution in [0, 0.1) is 5.92 Å². The Labute approximate surface area is 65.6 Å². The Balaban J connectivity index is 3.58. The van der Waals surface area contributed by atoms with E-state index in [0.717, 1.165) is 6.42 Å². The second kappa shape index (κ2) is 4.29. The summed E-state index contributed by atoms with van der Waals surface area (Å²) in [4.78, 5) is 0.456. The van der Waals surface area contributed by atoms with Crippen LogP contribution in [0.5, 0.6) is 0 Å². The number of aliphatic hydroxyl groups excluding tert-OH is 1. The fraction of sp³-hybridized carbons (Fsp3) is 1.00. The monoisotopic (exact) mass is 194 g/mol. The first-order valence-corrected chi connectivity index (χ1v) is 4.33. The fourth-order valence-electron chi connectivity index (χ4n) is 0.674. The zero-order chi connectivity index (χ0) is 7.44. The van der Waals surface area contributed by atoms with Crippen LogP contribution in [0.15, 0.2) is 0 Å². The molecule has 9 heavy (non-hydrogen) atoms. The summed E-state index contributed by atoms with van der Waals surface area (Å²) in [5, 5.41) is 9.09. The van der Waals surface area contributed by atoms with E-state index in [2.05, 4.69) is 22.9 Å². The van der Waals surface area contributed by atoms with Crippen LogP contribution in [0.25, 0.3) is 0 Å². The molecule has 2 heteroatoms. The second-order valence-corrected chi connectivity index (χ2v) is 3.70. The largest absolute Gasteiger partial charge is 0.393 e. The standard InChI is InChI=1S/C7H15BrO/c1-4-7(8)5(2)6(3)9/h5-7,9H,4H2,1-3H3. The minimum absolute atomic E-state index is 0.200. The molecule has 0 aromatic rings. The highest BCUT2D eigenvalue weighted by molar-refractivity contribution is 9.09. The molecular weight excluding hydrogens is 180 g/mol. The number of halogens is 1. The third-order valence-corrected chi connectivity index (χ3v) is 3.20. The van der Waals surface area contributed by atoms with Gasteiger partial charge in [0.25, 0.3) is 0 Å². The molecule has 0 saturated carbocycles. The molecule has 1 nitrogen and oxygen atoms in total. The maximum atomic E-state index is 9.09. The maximum absolute atomic E-state index is 9.09. The predicted octanol–water partition coefficient (Wildman–Crippen LogP) is 2.18.